The molecular weight excluding hydrogens is 222 g/mol. The first-order valence-corrected chi connectivity index (χ1v) is 7.32. The molecule has 1 saturated carbocycles. The number of nitrogens with zero attached hydrogens (tertiary/aromatic N) is 2. The van der Waals surface area contributed by atoms with Crippen LogP contribution in [0.15, 0.2) is 6.07 Å². The molecule has 0 bridgehead atoms. The Balaban J connectivity index is 2.13. The number of hydrogen-bond acceptors (Lipinski definition) is 2. The van der Waals surface area contributed by atoms with Gasteiger partial charge in [-0.25, -0.2) is 0 Å². The third-order valence-corrected chi connectivity index (χ3v) is 4.72. The van der Waals surface area contributed by atoms with Crippen LogP contribution in [0.3, 0.4) is 0 Å². The van der Waals surface area contributed by atoms with Gasteiger partial charge in [-0.3, -0.25) is 4.68 Å². The van der Waals surface area contributed by atoms with E-state index in [1.165, 1.54) is 25.0 Å². The minimum atomic E-state index is 0.154. The lowest BCUT2D eigenvalue weighted by molar-refractivity contribution is 0.182. The van der Waals surface area contributed by atoms with E-state index >= 15 is 0 Å². The molecule has 1 aliphatic carbocycles. The summed E-state index contributed by atoms with van der Waals surface area (Å²) in [6.07, 6.45) is 3.84. The zero-order chi connectivity index (χ0) is 13.3. The van der Waals surface area contributed by atoms with Gasteiger partial charge < -0.3 is 5.73 Å². The van der Waals surface area contributed by atoms with E-state index in [1.807, 2.05) is 6.92 Å². The summed E-state index contributed by atoms with van der Waals surface area (Å²) in [7, 11) is 0. The fourth-order valence-corrected chi connectivity index (χ4v) is 3.24. The average molecular weight is 249 g/mol. The second-order valence-corrected chi connectivity index (χ2v) is 6.08. The zero-order valence-corrected chi connectivity index (χ0v) is 12.2. The molecular formula is C15H27N3. The van der Waals surface area contributed by atoms with Crippen molar-refractivity contribution in [2.45, 2.75) is 59.5 Å². The van der Waals surface area contributed by atoms with E-state index in [9.17, 15) is 0 Å². The Bertz CT molecular complexity index is 396. The van der Waals surface area contributed by atoms with Crippen molar-refractivity contribution in [2.24, 2.45) is 23.5 Å². The van der Waals surface area contributed by atoms with Crippen LogP contribution in [0.2, 0.25) is 0 Å². The molecule has 0 saturated heterocycles. The summed E-state index contributed by atoms with van der Waals surface area (Å²) in [5.74, 6) is 2.28. The number of nitrogens with two attached hydrogens (primary N) is 1. The number of aromatic nitrogens is 2. The van der Waals surface area contributed by atoms with Crippen LogP contribution in [0.5, 0.6) is 0 Å². The largest absolute Gasteiger partial charge is 0.322 e. The molecule has 1 heterocycles. The highest BCUT2D eigenvalue weighted by Gasteiger charge is 2.30. The summed E-state index contributed by atoms with van der Waals surface area (Å²) >= 11 is 0. The minimum Gasteiger partial charge on any atom is -0.322 e. The number of rotatable bonds is 3. The highest BCUT2D eigenvalue weighted by atomic mass is 15.3. The van der Waals surface area contributed by atoms with Crippen LogP contribution in [0.4, 0.5) is 0 Å². The fraction of sp³-hybridized carbons (Fsp3) is 0.800. The van der Waals surface area contributed by atoms with Crippen LogP contribution in [0, 0.1) is 24.7 Å². The molecule has 4 unspecified atom stereocenters. The second-order valence-electron chi connectivity index (χ2n) is 6.08. The van der Waals surface area contributed by atoms with E-state index < -0.39 is 0 Å². The molecule has 2 N–H and O–H groups in total. The molecule has 0 amide bonds. The maximum Gasteiger partial charge on any atom is 0.0597 e. The van der Waals surface area contributed by atoms with Gasteiger partial charge in [-0.1, -0.05) is 20.3 Å². The molecule has 0 aliphatic heterocycles. The van der Waals surface area contributed by atoms with Crippen molar-refractivity contribution in [3.8, 4) is 0 Å². The SMILES string of the molecule is CCn1nc(C)cc1C(N)C1CCC(C)C(C)C1. The molecule has 3 nitrogen and oxygen atoms in total. The van der Waals surface area contributed by atoms with Gasteiger partial charge in [0.15, 0.2) is 0 Å². The summed E-state index contributed by atoms with van der Waals surface area (Å²) in [4.78, 5) is 0. The lowest BCUT2D eigenvalue weighted by Gasteiger charge is -2.35. The second kappa shape index (κ2) is 5.43. The highest BCUT2D eigenvalue weighted by molar-refractivity contribution is 5.14. The molecule has 3 heteroatoms. The van der Waals surface area contributed by atoms with Crippen molar-refractivity contribution in [1.29, 1.82) is 0 Å². The topological polar surface area (TPSA) is 43.8 Å². The van der Waals surface area contributed by atoms with Crippen LogP contribution in [0.25, 0.3) is 0 Å². The van der Waals surface area contributed by atoms with Gasteiger partial charge in [0.2, 0.25) is 0 Å². The Labute approximate surface area is 111 Å². The normalized spacial score (nSPS) is 30.4. The van der Waals surface area contributed by atoms with Gasteiger partial charge in [-0.2, -0.15) is 5.10 Å². The van der Waals surface area contributed by atoms with Crippen LogP contribution in [-0.4, -0.2) is 9.78 Å². The average Bonchev–Trinajstić information content (AvgIpc) is 2.73. The molecule has 1 aromatic rings. The Morgan fingerprint density at radius 1 is 1.39 bits per heavy atom. The predicted molar refractivity (Wildman–Crippen MR) is 75.2 cm³/mol. The maximum atomic E-state index is 6.51. The first-order chi connectivity index (χ1) is 8.52. The third-order valence-electron chi connectivity index (χ3n) is 4.72. The molecule has 0 spiro atoms. The number of aryl methyl sites for hydroxylation is 2. The van der Waals surface area contributed by atoms with E-state index in [-0.39, 0.29) is 6.04 Å². The van der Waals surface area contributed by atoms with Gasteiger partial charge in [0.25, 0.3) is 0 Å². The zero-order valence-electron chi connectivity index (χ0n) is 12.2. The summed E-state index contributed by atoms with van der Waals surface area (Å²) < 4.78 is 2.07. The van der Waals surface area contributed by atoms with E-state index in [2.05, 4.69) is 36.6 Å². The first-order valence-electron chi connectivity index (χ1n) is 7.32. The molecule has 4 atom stereocenters. The Hall–Kier alpha value is -0.830. The smallest absolute Gasteiger partial charge is 0.0597 e. The molecule has 0 aromatic carbocycles. The van der Waals surface area contributed by atoms with Crippen molar-refractivity contribution in [1.82, 2.24) is 9.78 Å². The van der Waals surface area contributed by atoms with Crippen LogP contribution < -0.4 is 5.73 Å². The van der Waals surface area contributed by atoms with Gasteiger partial charge in [0.1, 0.15) is 0 Å². The lowest BCUT2D eigenvalue weighted by atomic mass is 9.73. The molecule has 102 valence electrons. The van der Waals surface area contributed by atoms with Gasteiger partial charge in [-0.15, -0.1) is 0 Å². The molecule has 1 aromatic heterocycles. The Morgan fingerprint density at radius 2 is 2.11 bits per heavy atom. The van der Waals surface area contributed by atoms with Crippen molar-refractivity contribution >= 4 is 0 Å². The van der Waals surface area contributed by atoms with Crippen molar-refractivity contribution < 1.29 is 0 Å². The predicted octanol–water partition coefficient (Wildman–Crippen LogP) is 3.28. The molecule has 1 aliphatic rings. The lowest BCUT2D eigenvalue weighted by Crippen LogP contribution is -2.30. The quantitative estimate of drug-likeness (QED) is 0.893. The highest BCUT2D eigenvalue weighted by Crippen LogP contribution is 2.38. The van der Waals surface area contributed by atoms with E-state index in [0.29, 0.717) is 5.92 Å². The van der Waals surface area contributed by atoms with Gasteiger partial charge in [0.05, 0.1) is 11.4 Å². The third kappa shape index (κ3) is 2.61. The first kappa shape index (κ1) is 13.6. The van der Waals surface area contributed by atoms with Gasteiger partial charge >= 0.3 is 0 Å². The van der Waals surface area contributed by atoms with Crippen molar-refractivity contribution in [2.75, 3.05) is 0 Å². The minimum absolute atomic E-state index is 0.154. The number of hydrogen-bond donors (Lipinski definition) is 1. The van der Waals surface area contributed by atoms with Gasteiger partial charge in [0, 0.05) is 12.6 Å². The Kier molecular flexibility index (Phi) is 4.10. The molecule has 1 fully saturated rings. The maximum absolute atomic E-state index is 6.51. The van der Waals surface area contributed by atoms with Crippen LogP contribution in [-0.2, 0) is 6.54 Å². The van der Waals surface area contributed by atoms with E-state index in [0.717, 1.165) is 24.1 Å². The van der Waals surface area contributed by atoms with E-state index in [4.69, 9.17) is 5.73 Å². The summed E-state index contributed by atoms with van der Waals surface area (Å²) in [6.45, 7) is 9.83. The summed E-state index contributed by atoms with van der Waals surface area (Å²) in [5, 5.41) is 4.52. The monoisotopic (exact) mass is 249 g/mol. The van der Waals surface area contributed by atoms with E-state index in [1.54, 1.807) is 0 Å². The van der Waals surface area contributed by atoms with Crippen molar-refractivity contribution in [3.05, 3.63) is 17.5 Å². The Morgan fingerprint density at radius 3 is 2.72 bits per heavy atom. The summed E-state index contributed by atoms with van der Waals surface area (Å²) in [6, 6.07) is 2.32. The van der Waals surface area contributed by atoms with Crippen LogP contribution in [0.1, 0.15) is 57.5 Å². The van der Waals surface area contributed by atoms with Crippen LogP contribution >= 0.6 is 0 Å². The standard InChI is InChI=1S/C15H27N3/c1-5-18-14(9-12(4)17-18)15(16)13-7-6-10(2)11(3)8-13/h9-11,13,15H,5-8,16H2,1-4H3. The molecule has 18 heavy (non-hydrogen) atoms. The fourth-order valence-electron chi connectivity index (χ4n) is 3.24. The summed E-state index contributed by atoms with van der Waals surface area (Å²) in [5.41, 5.74) is 8.81. The molecule has 2 rings (SSSR count). The van der Waals surface area contributed by atoms with Gasteiger partial charge in [-0.05, 0) is 50.5 Å². The van der Waals surface area contributed by atoms with Crippen molar-refractivity contribution in [3.63, 3.8) is 0 Å². The molecule has 0 radical (unpaired) electrons.